The standard InChI is InChI=1S/C16H21N3O5S/c1-22-13-3-4-16(15(9-13)23-2)25(20,21)18-6-7-19-14-5-8-24-11-12(14)10-17-19/h3-4,9-10,18H,5-8,11H2,1-2H3. The zero-order chi connectivity index (χ0) is 17.9. The Labute approximate surface area is 146 Å². The van der Waals surface area contributed by atoms with Gasteiger partial charge in [0, 0.05) is 30.3 Å². The lowest BCUT2D eigenvalue weighted by Gasteiger charge is -2.15. The van der Waals surface area contributed by atoms with Crippen LogP contribution in [0.25, 0.3) is 0 Å². The van der Waals surface area contributed by atoms with E-state index in [0.717, 1.165) is 17.7 Å². The van der Waals surface area contributed by atoms with E-state index in [0.29, 0.717) is 25.5 Å². The molecule has 3 rings (SSSR count). The normalized spacial score (nSPS) is 14.2. The minimum absolute atomic E-state index is 0.0756. The fourth-order valence-corrected chi connectivity index (χ4v) is 3.93. The number of nitrogens with zero attached hydrogens (tertiary/aromatic N) is 2. The highest BCUT2D eigenvalue weighted by atomic mass is 32.2. The maximum absolute atomic E-state index is 12.5. The third kappa shape index (κ3) is 3.78. The third-order valence-electron chi connectivity index (χ3n) is 4.05. The molecule has 2 aromatic rings. The van der Waals surface area contributed by atoms with Crippen LogP contribution < -0.4 is 14.2 Å². The highest BCUT2D eigenvalue weighted by Gasteiger charge is 2.20. The molecule has 1 aliphatic rings. The molecule has 0 unspecified atom stereocenters. The number of hydrogen-bond donors (Lipinski definition) is 1. The molecule has 25 heavy (non-hydrogen) atoms. The van der Waals surface area contributed by atoms with Crippen molar-refractivity contribution < 1.29 is 22.6 Å². The summed E-state index contributed by atoms with van der Waals surface area (Å²) in [5.41, 5.74) is 2.17. The zero-order valence-corrected chi connectivity index (χ0v) is 15.0. The summed E-state index contributed by atoms with van der Waals surface area (Å²) in [5, 5.41) is 4.31. The first-order valence-corrected chi connectivity index (χ1v) is 9.36. The molecule has 0 fully saturated rings. The van der Waals surface area contributed by atoms with Crippen LogP contribution in [0.3, 0.4) is 0 Å². The SMILES string of the molecule is COc1ccc(S(=O)(=O)NCCn2ncc3c2CCOC3)c(OC)c1. The average Bonchev–Trinajstić information content (AvgIpc) is 3.04. The van der Waals surface area contributed by atoms with E-state index < -0.39 is 10.0 Å². The minimum atomic E-state index is -3.70. The molecular weight excluding hydrogens is 346 g/mol. The van der Waals surface area contributed by atoms with E-state index in [4.69, 9.17) is 14.2 Å². The van der Waals surface area contributed by atoms with Gasteiger partial charge in [-0.25, -0.2) is 13.1 Å². The van der Waals surface area contributed by atoms with Crippen molar-refractivity contribution in [2.24, 2.45) is 0 Å². The van der Waals surface area contributed by atoms with Crippen LogP contribution in [0.4, 0.5) is 0 Å². The lowest BCUT2D eigenvalue weighted by atomic mass is 10.2. The molecule has 2 heterocycles. The molecular formula is C16H21N3O5S. The first-order valence-electron chi connectivity index (χ1n) is 7.88. The number of nitrogens with one attached hydrogen (secondary N) is 1. The number of rotatable bonds is 7. The Kier molecular flexibility index (Phi) is 5.26. The molecule has 1 aromatic carbocycles. The van der Waals surface area contributed by atoms with Crippen molar-refractivity contribution in [2.45, 2.75) is 24.5 Å². The maximum atomic E-state index is 12.5. The van der Waals surface area contributed by atoms with Crippen molar-refractivity contribution in [3.63, 3.8) is 0 Å². The first kappa shape index (κ1) is 17.7. The van der Waals surface area contributed by atoms with Gasteiger partial charge in [-0.05, 0) is 12.1 Å². The van der Waals surface area contributed by atoms with E-state index in [1.807, 2.05) is 4.68 Å². The quantitative estimate of drug-likeness (QED) is 0.783. The number of aromatic nitrogens is 2. The van der Waals surface area contributed by atoms with Crippen LogP contribution >= 0.6 is 0 Å². The second-order valence-electron chi connectivity index (χ2n) is 5.56. The van der Waals surface area contributed by atoms with Crippen LogP contribution in [0.2, 0.25) is 0 Å². The van der Waals surface area contributed by atoms with Gasteiger partial charge in [0.2, 0.25) is 10.0 Å². The van der Waals surface area contributed by atoms with E-state index in [-0.39, 0.29) is 17.2 Å². The monoisotopic (exact) mass is 367 g/mol. The van der Waals surface area contributed by atoms with Crippen molar-refractivity contribution in [2.75, 3.05) is 27.4 Å². The molecule has 0 saturated heterocycles. The first-order chi connectivity index (χ1) is 12.0. The molecule has 1 aliphatic heterocycles. The maximum Gasteiger partial charge on any atom is 0.244 e. The average molecular weight is 367 g/mol. The van der Waals surface area contributed by atoms with E-state index in [9.17, 15) is 8.42 Å². The lowest BCUT2D eigenvalue weighted by Crippen LogP contribution is -2.29. The van der Waals surface area contributed by atoms with E-state index in [2.05, 4.69) is 9.82 Å². The van der Waals surface area contributed by atoms with Crippen molar-refractivity contribution in [3.05, 3.63) is 35.7 Å². The van der Waals surface area contributed by atoms with Gasteiger partial charge in [-0.15, -0.1) is 0 Å². The number of benzene rings is 1. The number of methoxy groups -OCH3 is 2. The van der Waals surface area contributed by atoms with Gasteiger partial charge in [-0.3, -0.25) is 4.68 Å². The molecule has 0 atom stereocenters. The van der Waals surface area contributed by atoms with Crippen molar-refractivity contribution >= 4 is 10.0 Å². The zero-order valence-electron chi connectivity index (χ0n) is 14.2. The van der Waals surface area contributed by atoms with Gasteiger partial charge in [-0.2, -0.15) is 5.10 Å². The Morgan fingerprint density at radius 1 is 1.32 bits per heavy atom. The van der Waals surface area contributed by atoms with Gasteiger partial charge >= 0.3 is 0 Å². The van der Waals surface area contributed by atoms with Crippen LogP contribution in [-0.2, 0) is 34.3 Å². The highest BCUT2D eigenvalue weighted by Crippen LogP contribution is 2.28. The third-order valence-corrected chi connectivity index (χ3v) is 5.55. The Morgan fingerprint density at radius 3 is 2.92 bits per heavy atom. The van der Waals surface area contributed by atoms with Gasteiger partial charge in [-0.1, -0.05) is 0 Å². The second kappa shape index (κ2) is 7.42. The summed E-state index contributed by atoms with van der Waals surface area (Å²) in [7, 11) is -0.765. The Hall–Kier alpha value is -2.10. The fraction of sp³-hybridized carbons (Fsp3) is 0.438. The smallest absolute Gasteiger partial charge is 0.244 e. The van der Waals surface area contributed by atoms with Gasteiger partial charge in [0.15, 0.2) is 0 Å². The van der Waals surface area contributed by atoms with Crippen LogP contribution in [0, 0.1) is 0 Å². The molecule has 0 amide bonds. The van der Waals surface area contributed by atoms with E-state index in [1.165, 1.54) is 20.3 Å². The van der Waals surface area contributed by atoms with E-state index >= 15 is 0 Å². The van der Waals surface area contributed by atoms with Crippen LogP contribution in [0.1, 0.15) is 11.3 Å². The Bertz CT molecular complexity index is 847. The highest BCUT2D eigenvalue weighted by molar-refractivity contribution is 7.89. The number of hydrogen-bond acceptors (Lipinski definition) is 6. The summed E-state index contributed by atoms with van der Waals surface area (Å²) in [6, 6.07) is 4.59. The van der Waals surface area contributed by atoms with Crippen LogP contribution in [0.15, 0.2) is 29.3 Å². The molecule has 136 valence electrons. The Morgan fingerprint density at radius 2 is 2.16 bits per heavy atom. The fourth-order valence-electron chi connectivity index (χ4n) is 2.76. The van der Waals surface area contributed by atoms with Crippen LogP contribution in [0.5, 0.6) is 11.5 Å². The molecule has 8 nitrogen and oxygen atoms in total. The molecule has 0 spiro atoms. The van der Waals surface area contributed by atoms with Gasteiger partial charge in [0.1, 0.15) is 16.4 Å². The summed E-state index contributed by atoms with van der Waals surface area (Å²) in [5.74, 6) is 0.765. The number of sulfonamides is 1. The predicted molar refractivity (Wildman–Crippen MR) is 90.3 cm³/mol. The lowest BCUT2D eigenvalue weighted by molar-refractivity contribution is 0.109. The Balaban J connectivity index is 1.69. The second-order valence-corrected chi connectivity index (χ2v) is 7.29. The number of fused-ring (bicyclic) bond motifs is 1. The van der Waals surface area contributed by atoms with Crippen molar-refractivity contribution in [3.8, 4) is 11.5 Å². The molecule has 1 N–H and O–H groups in total. The number of ether oxygens (including phenoxy) is 3. The van der Waals surface area contributed by atoms with Crippen LogP contribution in [-0.4, -0.2) is 45.6 Å². The molecule has 1 aromatic heterocycles. The molecule has 0 bridgehead atoms. The molecule has 9 heteroatoms. The summed E-state index contributed by atoms with van der Waals surface area (Å²) in [4.78, 5) is 0.0756. The van der Waals surface area contributed by atoms with Gasteiger partial charge < -0.3 is 14.2 Å². The molecule has 0 aliphatic carbocycles. The largest absolute Gasteiger partial charge is 0.497 e. The summed E-state index contributed by atoms with van der Waals surface area (Å²) < 4.78 is 45.2. The molecule has 0 saturated carbocycles. The van der Waals surface area contributed by atoms with E-state index in [1.54, 1.807) is 18.3 Å². The summed E-state index contributed by atoms with van der Waals surface area (Å²) in [6.07, 6.45) is 2.56. The minimum Gasteiger partial charge on any atom is -0.497 e. The predicted octanol–water partition coefficient (Wildman–Crippen LogP) is 0.951. The van der Waals surface area contributed by atoms with Gasteiger partial charge in [0.25, 0.3) is 0 Å². The summed E-state index contributed by atoms with van der Waals surface area (Å²) >= 11 is 0. The molecule has 0 radical (unpaired) electrons. The topological polar surface area (TPSA) is 91.7 Å². The van der Waals surface area contributed by atoms with Crippen molar-refractivity contribution in [1.29, 1.82) is 0 Å². The summed E-state index contributed by atoms with van der Waals surface area (Å²) in [6.45, 7) is 1.90. The van der Waals surface area contributed by atoms with Crippen molar-refractivity contribution in [1.82, 2.24) is 14.5 Å². The van der Waals surface area contributed by atoms with Gasteiger partial charge in [0.05, 0.1) is 40.2 Å².